The number of halogens is 5. The van der Waals surface area contributed by atoms with Gasteiger partial charge in [-0.05, 0) is 95.3 Å². The van der Waals surface area contributed by atoms with Crippen LogP contribution in [0.4, 0.5) is 39.0 Å². The van der Waals surface area contributed by atoms with E-state index in [1.807, 2.05) is 14.7 Å². The molecule has 9 aromatic rings. The lowest BCUT2D eigenvalue weighted by molar-refractivity contribution is 0.0945. The molecule has 91 heavy (non-hydrogen) atoms. The van der Waals surface area contributed by atoms with E-state index < -0.39 is 34.7 Å². The Bertz CT molecular complexity index is 4200. The molecule has 0 radical (unpaired) electrons. The molecule has 8 heterocycles. The van der Waals surface area contributed by atoms with E-state index in [4.69, 9.17) is 28.4 Å². The molecule has 12 rings (SSSR count). The van der Waals surface area contributed by atoms with E-state index >= 15 is 4.39 Å². The van der Waals surface area contributed by atoms with Crippen molar-refractivity contribution in [3.05, 3.63) is 235 Å². The highest BCUT2D eigenvalue weighted by Gasteiger charge is 2.31. The van der Waals surface area contributed by atoms with Crippen molar-refractivity contribution in [2.45, 2.75) is 53.4 Å². The number of ether oxygens (including phenoxy) is 6. The van der Waals surface area contributed by atoms with Gasteiger partial charge in [-0.15, -0.1) is 0 Å². The number of benzene rings is 4. The fraction of sp³-hybridized carbons (Fsp3) is 0.303. The summed E-state index contributed by atoms with van der Waals surface area (Å²) in [5.41, 5.74) is 1.93. The minimum atomic E-state index is -1.11. The lowest BCUT2D eigenvalue weighted by Gasteiger charge is -2.30. The first-order valence-electron chi connectivity index (χ1n) is 29.3. The number of hydrogen-bond acceptors (Lipinski definition) is 17. The van der Waals surface area contributed by atoms with Gasteiger partial charge in [0.1, 0.15) is 59.5 Å². The number of pyridine rings is 2. The molecular weight excluding hydrogens is 1190 g/mol. The van der Waals surface area contributed by atoms with Crippen molar-refractivity contribution in [3.63, 3.8) is 0 Å². The summed E-state index contributed by atoms with van der Waals surface area (Å²) < 4.78 is 109. The maximum absolute atomic E-state index is 15.1. The maximum atomic E-state index is 15.1. The lowest BCUT2D eigenvalue weighted by Crippen LogP contribution is -2.37. The Hall–Kier alpha value is -9.85. The molecule has 25 heteroatoms. The minimum Gasteiger partial charge on any atom is -0.484 e. The first-order chi connectivity index (χ1) is 43.9. The van der Waals surface area contributed by atoms with Gasteiger partial charge in [-0.1, -0.05) is 6.07 Å². The average Bonchev–Trinajstić information content (AvgIpc) is 1.26. The molecule has 0 N–H and O–H groups in total. The van der Waals surface area contributed by atoms with Crippen LogP contribution in [0.3, 0.4) is 0 Å². The third-order valence-electron chi connectivity index (χ3n) is 14.7. The predicted molar refractivity (Wildman–Crippen MR) is 330 cm³/mol. The van der Waals surface area contributed by atoms with Gasteiger partial charge in [0.2, 0.25) is 0 Å². The first kappa shape index (κ1) is 64.1. The molecule has 0 saturated carbocycles. The van der Waals surface area contributed by atoms with Crippen molar-refractivity contribution in [1.82, 2.24) is 38.6 Å². The van der Waals surface area contributed by atoms with Gasteiger partial charge in [0.15, 0.2) is 23.1 Å². The molecule has 474 valence electrons. The number of nitrogens with zero attached hydrogens (tertiary/aromatic N) is 11. The van der Waals surface area contributed by atoms with Crippen LogP contribution in [0.15, 0.2) is 154 Å². The van der Waals surface area contributed by atoms with Crippen molar-refractivity contribution in [2.75, 3.05) is 93.6 Å². The van der Waals surface area contributed by atoms with Crippen LogP contribution in [-0.2, 0) is 33.0 Å². The number of morpholine rings is 3. The number of aromatic nitrogens is 8. The molecule has 3 aliphatic heterocycles. The third-order valence-corrected chi connectivity index (χ3v) is 14.7. The van der Waals surface area contributed by atoms with Gasteiger partial charge in [0.05, 0.1) is 92.4 Å². The Balaban J connectivity index is 0.000000150. The fourth-order valence-corrected chi connectivity index (χ4v) is 10.5. The smallest absolute Gasteiger partial charge is 0.258 e. The Kier molecular flexibility index (Phi) is 20.6. The molecule has 0 unspecified atom stereocenters. The van der Waals surface area contributed by atoms with Gasteiger partial charge in [0, 0.05) is 111 Å². The van der Waals surface area contributed by atoms with Crippen LogP contribution in [0.25, 0.3) is 17.1 Å². The van der Waals surface area contributed by atoms with Crippen LogP contribution in [0.2, 0.25) is 0 Å². The van der Waals surface area contributed by atoms with Gasteiger partial charge >= 0.3 is 0 Å². The molecule has 0 atom stereocenters. The summed E-state index contributed by atoms with van der Waals surface area (Å²) in [4.78, 5) is 65.1. The van der Waals surface area contributed by atoms with E-state index in [1.165, 1.54) is 80.6 Å². The van der Waals surface area contributed by atoms with E-state index in [2.05, 4.69) is 24.9 Å². The quantitative estimate of drug-likeness (QED) is 0.0881. The minimum absolute atomic E-state index is 0.0510. The first-order valence-corrected chi connectivity index (χ1v) is 29.3. The van der Waals surface area contributed by atoms with Gasteiger partial charge in [0.25, 0.3) is 16.7 Å². The molecule has 0 aliphatic carbocycles. The van der Waals surface area contributed by atoms with Crippen LogP contribution in [0.1, 0.15) is 48.4 Å². The van der Waals surface area contributed by atoms with Crippen LogP contribution >= 0.6 is 0 Å². The lowest BCUT2D eigenvalue weighted by atomic mass is 10.1. The highest BCUT2D eigenvalue weighted by molar-refractivity contribution is 5.55. The summed E-state index contributed by atoms with van der Waals surface area (Å²) in [5, 5.41) is 0. The summed E-state index contributed by atoms with van der Waals surface area (Å²) >= 11 is 0. The van der Waals surface area contributed by atoms with Gasteiger partial charge in [-0.3, -0.25) is 38.1 Å². The largest absolute Gasteiger partial charge is 0.484 e. The summed E-state index contributed by atoms with van der Waals surface area (Å²) in [6, 6.07) is 28.7. The Morgan fingerprint density at radius 2 is 0.868 bits per heavy atom. The topological polar surface area (TPSA) is 196 Å². The second-order valence-corrected chi connectivity index (χ2v) is 21.7. The molecule has 3 aliphatic rings. The van der Waals surface area contributed by atoms with Crippen molar-refractivity contribution in [1.29, 1.82) is 0 Å². The summed E-state index contributed by atoms with van der Waals surface area (Å²) in [7, 11) is 0. The second-order valence-electron chi connectivity index (χ2n) is 21.7. The highest BCUT2D eigenvalue weighted by Crippen LogP contribution is 2.31. The zero-order valence-electron chi connectivity index (χ0n) is 50.7. The number of hydrogen-bond donors (Lipinski definition) is 0. The second kappa shape index (κ2) is 29.2. The Morgan fingerprint density at radius 1 is 0.451 bits per heavy atom. The predicted octanol–water partition coefficient (Wildman–Crippen LogP) is 9.09. The summed E-state index contributed by atoms with van der Waals surface area (Å²) in [6.45, 7) is 15.5. The van der Waals surface area contributed by atoms with E-state index in [9.17, 15) is 31.9 Å². The summed E-state index contributed by atoms with van der Waals surface area (Å²) in [6.07, 6.45) is 5.64. The van der Waals surface area contributed by atoms with Crippen LogP contribution in [0, 0.1) is 49.9 Å². The Morgan fingerprint density at radius 3 is 1.31 bits per heavy atom. The number of anilines is 3. The van der Waals surface area contributed by atoms with Gasteiger partial charge in [-0.2, -0.15) is 0 Å². The van der Waals surface area contributed by atoms with Gasteiger partial charge < -0.3 is 43.1 Å². The fourth-order valence-electron chi connectivity index (χ4n) is 10.5. The van der Waals surface area contributed by atoms with E-state index in [-0.39, 0.29) is 47.3 Å². The maximum Gasteiger partial charge on any atom is 0.258 e. The molecule has 0 bridgehead atoms. The SMILES string of the molecule is Cc1cc(=O)n(-c2ccc(N3CCOCC3)c(F)c2)c(C(C)(C)Oc2cccc(F)c2)n1.Cc1cc(=O)n(-c2ccc(N3CCOCC3)c(F)c2)c(COc2cccnc2)n1.Cc1cc(=O)n(-c2ccc(N3CCOCC3)c(F)c2)c(COc2cncc(F)c2)n1. The van der Waals surface area contributed by atoms with Crippen molar-refractivity contribution >= 4 is 17.1 Å². The molecule has 0 amide bonds. The highest BCUT2D eigenvalue weighted by atomic mass is 19.1. The normalized spacial score (nSPS) is 14.2. The standard InChI is InChI=1S/C24H25F2N3O3.C21H20F2N4O3.C21H21FN4O3/c1-16-13-22(30)29(18-7-8-21(20(26)15-18)28-9-11-31-12-10-28)23(27-16)24(2,3)32-19-6-4-5-17(25)14-19;1-14-8-21(28)27(20(25-14)13-30-17-9-15(22)11-24-12-17)16-2-3-19(18(23)10-16)26-4-6-29-7-5-26;1-15-11-21(27)26(20(24-15)14-29-17-3-2-6-23-13-17)16-4-5-19(18(22)12-16)25-7-9-28-10-8-25/h4-8,13-15H,9-12H2,1-3H3;2-3,8-12H,4-7,13H2,1H3;2-6,11-13H,7-10,14H2,1H3. The zero-order valence-corrected chi connectivity index (χ0v) is 50.7. The molecular formula is C66H66F5N11O9. The zero-order chi connectivity index (χ0) is 64.2. The molecule has 3 fully saturated rings. The van der Waals surface area contributed by atoms with E-state index in [0.29, 0.717) is 147 Å². The van der Waals surface area contributed by atoms with Crippen LogP contribution in [-0.4, -0.2) is 118 Å². The molecule has 5 aromatic heterocycles. The molecule has 3 saturated heterocycles. The number of rotatable bonds is 15. The third kappa shape index (κ3) is 16.1. The van der Waals surface area contributed by atoms with Gasteiger partial charge in [-0.25, -0.2) is 36.9 Å². The Labute approximate surface area is 520 Å². The van der Waals surface area contributed by atoms with E-state index in [0.717, 1.165) is 6.20 Å². The van der Waals surface area contributed by atoms with Crippen LogP contribution in [0.5, 0.6) is 17.2 Å². The molecule has 20 nitrogen and oxygen atoms in total. The summed E-state index contributed by atoms with van der Waals surface area (Å²) in [5.74, 6) is -0.256. The number of aryl methyl sites for hydroxylation is 3. The molecule has 4 aromatic carbocycles. The van der Waals surface area contributed by atoms with Crippen molar-refractivity contribution in [2.24, 2.45) is 0 Å². The monoisotopic (exact) mass is 1250 g/mol. The molecule has 0 spiro atoms. The van der Waals surface area contributed by atoms with E-state index in [1.54, 1.807) is 102 Å². The van der Waals surface area contributed by atoms with Crippen LogP contribution < -0.4 is 45.6 Å². The van der Waals surface area contributed by atoms with Crippen molar-refractivity contribution < 1.29 is 50.4 Å². The van der Waals surface area contributed by atoms with Crippen molar-refractivity contribution in [3.8, 4) is 34.3 Å². The average molecular weight is 1250 g/mol.